The second kappa shape index (κ2) is 6.14. The van der Waals surface area contributed by atoms with Crippen LogP contribution in [0.25, 0.3) is 0 Å². The number of hydrogen-bond acceptors (Lipinski definition) is 2. The number of benzene rings is 2. The number of carbonyl (C=O) groups is 1. The Morgan fingerprint density at radius 3 is 2.92 bits per heavy atom. The number of nitrogens with one attached hydrogen (secondary N) is 2. The van der Waals surface area contributed by atoms with Crippen LogP contribution in [0.5, 0.6) is 0 Å². The summed E-state index contributed by atoms with van der Waals surface area (Å²) < 4.78 is 0. The topological polar surface area (TPSA) is 41.1 Å². The number of halogens is 1. The lowest BCUT2D eigenvalue weighted by Crippen LogP contribution is -2.32. The maximum atomic E-state index is 12.4. The molecule has 1 saturated carbocycles. The highest BCUT2D eigenvalue weighted by Crippen LogP contribution is 2.49. The van der Waals surface area contributed by atoms with Gasteiger partial charge in [-0.25, -0.2) is 0 Å². The van der Waals surface area contributed by atoms with Gasteiger partial charge in [0.05, 0.1) is 0 Å². The van der Waals surface area contributed by atoms with Crippen molar-refractivity contribution in [1.82, 2.24) is 0 Å². The van der Waals surface area contributed by atoms with E-state index in [4.69, 9.17) is 11.6 Å². The lowest BCUT2D eigenvalue weighted by atomic mass is 9.80. The second-order valence-electron chi connectivity index (χ2n) is 6.96. The van der Waals surface area contributed by atoms with Crippen LogP contribution in [0.2, 0.25) is 5.02 Å². The normalized spacial score (nSPS) is 24.9. The molecule has 24 heavy (non-hydrogen) atoms. The van der Waals surface area contributed by atoms with Gasteiger partial charge in [-0.3, -0.25) is 4.79 Å². The molecule has 2 aliphatic rings. The first-order chi connectivity index (χ1) is 11.6. The highest BCUT2D eigenvalue weighted by molar-refractivity contribution is 6.30. The van der Waals surface area contributed by atoms with Crippen molar-refractivity contribution >= 4 is 28.9 Å². The summed E-state index contributed by atoms with van der Waals surface area (Å²) in [5, 5.41) is 7.26. The number of hydrogen-bond donors (Lipinski definition) is 2. The molecule has 0 bridgehead atoms. The smallest absolute Gasteiger partial charge is 0.228 e. The Balaban J connectivity index is 1.55. The Kier molecular flexibility index (Phi) is 3.97. The molecule has 1 heterocycles. The van der Waals surface area contributed by atoms with Crippen molar-refractivity contribution in [3.63, 3.8) is 0 Å². The lowest BCUT2D eigenvalue weighted by Gasteiger charge is -2.30. The molecule has 0 radical (unpaired) electrons. The molecule has 3 unspecified atom stereocenters. The molecule has 1 amide bonds. The van der Waals surface area contributed by atoms with Crippen LogP contribution in [-0.2, 0) is 11.3 Å². The van der Waals surface area contributed by atoms with Gasteiger partial charge in [-0.1, -0.05) is 36.7 Å². The predicted octanol–water partition coefficient (Wildman–Crippen LogP) is 5.03. The number of anilines is 2. The molecule has 1 aliphatic heterocycles. The van der Waals surface area contributed by atoms with E-state index in [-0.39, 0.29) is 11.8 Å². The Morgan fingerprint density at radius 1 is 1.21 bits per heavy atom. The van der Waals surface area contributed by atoms with Gasteiger partial charge in [0.2, 0.25) is 5.91 Å². The molecule has 4 rings (SSSR count). The molecular weight excluding hydrogens is 320 g/mol. The highest BCUT2D eigenvalue weighted by Gasteiger charge is 2.42. The van der Waals surface area contributed by atoms with Crippen LogP contribution in [-0.4, -0.2) is 5.91 Å². The SMILES string of the molecule is CC1CCC2C(=O)Nc3cc(NCc4cccc(Cl)c4)ccc3C12. The molecule has 0 saturated heterocycles. The Morgan fingerprint density at radius 2 is 2.08 bits per heavy atom. The fourth-order valence-electron chi connectivity index (χ4n) is 4.16. The van der Waals surface area contributed by atoms with Crippen molar-refractivity contribution < 1.29 is 4.79 Å². The zero-order chi connectivity index (χ0) is 16.7. The maximum Gasteiger partial charge on any atom is 0.228 e. The zero-order valence-corrected chi connectivity index (χ0v) is 14.4. The van der Waals surface area contributed by atoms with Crippen molar-refractivity contribution in [2.45, 2.75) is 32.2 Å². The van der Waals surface area contributed by atoms with E-state index in [0.29, 0.717) is 18.4 Å². The van der Waals surface area contributed by atoms with Gasteiger partial charge in [-0.2, -0.15) is 0 Å². The van der Waals surface area contributed by atoms with E-state index in [1.54, 1.807) is 0 Å². The minimum absolute atomic E-state index is 0.151. The van der Waals surface area contributed by atoms with Gasteiger partial charge in [0.25, 0.3) is 0 Å². The number of carbonyl (C=O) groups excluding carboxylic acids is 1. The van der Waals surface area contributed by atoms with Crippen LogP contribution >= 0.6 is 11.6 Å². The van der Waals surface area contributed by atoms with E-state index in [9.17, 15) is 4.79 Å². The monoisotopic (exact) mass is 340 g/mol. The van der Waals surface area contributed by atoms with Gasteiger partial charge in [0.1, 0.15) is 0 Å². The largest absolute Gasteiger partial charge is 0.381 e. The lowest BCUT2D eigenvalue weighted by molar-refractivity contribution is -0.120. The summed E-state index contributed by atoms with van der Waals surface area (Å²) in [4.78, 5) is 12.4. The molecule has 3 nitrogen and oxygen atoms in total. The Hall–Kier alpha value is -2.00. The summed E-state index contributed by atoms with van der Waals surface area (Å²) in [5.41, 5.74) is 4.40. The second-order valence-corrected chi connectivity index (χ2v) is 7.40. The van der Waals surface area contributed by atoms with Crippen LogP contribution in [0.15, 0.2) is 42.5 Å². The van der Waals surface area contributed by atoms with Gasteiger partial charge in [0, 0.05) is 34.8 Å². The molecule has 0 aromatic heterocycles. The van der Waals surface area contributed by atoms with Crippen molar-refractivity contribution in [3.8, 4) is 0 Å². The highest BCUT2D eigenvalue weighted by atomic mass is 35.5. The molecule has 124 valence electrons. The molecule has 1 fully saturated rings. The molecule has 3 atom stereocenters. The van der Waals surface area contributed by atoms with Crippen LogP contribution in [0.4, 0.5) is 11.4 Å². The van der Waals surface area contributed by atoms with Gasteiger partial charge in [-0.15, -0.1) is 0 Å². The van der Waals surface area contributed by atoms with Crippen molar-refractivity contribution in [2.24, 2.45) is 11.8 Å². The predicted molar refractivity (Wildman–Crippen MR) is 98.5 cm³/mol. The molecule has 4 heteroatoms. The third kappa shape index (κ3) is 2.78. The summed E-state index contributed by atoms with van der Waals surface area (Å²) in [6, 6.07) is 14.2. The number of rotatable bonds is 3. The van der Waals surface area contributed by atoms with Crippen molar-refractivity contribution in [1.29, 1.82) is 0 Å². The zero-order valence-electron chi connectivity index (χ0n) is 13.7. The average molecular weight is 341 g/mol. The van der Waals surface area contributed by atoms with E-state index in [1.165, 1.54) is 5.56 Å². The van der Waals surface area contributed by atoms with Crippen molar-refractivity contribution in [3.05, 3.63) is 58.6 Å². The van der Waals surface area contributed by atoms with E-state index < -0.39 is 0 Å². The first-order valence-electron chi connectivity index (χ1n) is 8.55. The molecule has 1 aliphatic carbocycles. The van der Waals surface area contributed by atoms with Gasteiger partial charge < -0.3 is 10.6 Å². The summed E-state index contributed by atoms with van der Waals surface area (Å²) >= 11 is 6.03. The van der Waals surface area contributed by atoms with Crippen LogP contribution in [0.1, 0.15) is 36.8 Å². The number of amides is 1. The third-order valence-electron chi connectivity index (χ3n) is 5.37. The average Bonchev–Trinajstić information content (AvgIpc) is 2.96. The molecule has 0 spiro atoms. The number of fused-ring (bicyclic) bond motifs is 3. The van der Waals surface area contributed by atoms with Gasteiger partial charge >= 0.3 is 0 Å². The van der Waals surface area contributed by atoms with Crippen LogP contribution in [0.3, 0.4) is 0 Å². The molecular formula is C20H21ClN2O. The summed E-state index contributed by atoms with van der Waals surface area (Å²) in [7, 11) is 0. The molecule has 2 aromatic rings. The van der Waals surface area contributed by atoms with E-state index in [2.05, 4.69) is 35.8 Å². The first-order valence-corrected chi connectivity index (χ1v) is 8.93. The Labute approximate surface area is 147 Å². The van der Waals surface area contributed by atoms with Crippen LogP contribution < -0.4 is 10.6 Å². The fourth-order valence-corrected chi connectivity index (χ4v) is 4.37. The Bertz CT molecular complexity index is 789. The van der Waals surface area contributed by atoms with Crippen molar-refractivity contribution in [2.75, 3.05) is 10.6 Å². The van der Waals surface area contributed by atoms with Crippen LogP contribution in [0, 0.1) is 11.8 Å². The van der Waals surface area contributed by atoms with E-state index in [1.807, 2.05) is 24.3 Å². The first kappa shape index (κ1) is 15.5. The van der Waals surface area contributed by atoms with E-state index in [0.717, 1.165) is 34.8 Å². The van der Waals surface area contributed by atoms with E-state index >= 15 is 0 Å². The minimum atomic E-state index is 0.151. The maximum absolute atomic E-state index is 12.4. The summed E-state index contributed by atoms with van der Waals surface area (Å²) in [6.45, 7) is 2.97. The van der Waals surface area contributed by atoms with Gasteiger partial charge in [0.15, 0.2) is 0 Å². The molecule has 2 N–H and O–H groups in total. The quantitative estimate of drug-likeness (QED) is 0.822. The molecule has 2 aromatic carbocycles. The minimum Gasteiger partial charge on any atom is -0.381 e. The third-order valence-corrected chi connectivity index (χ3v) is 5.61. The summed E-state index contributed by atoms with van der Waals surface area (Å²) in [5.74, 6) is 1.28. The standard InChI is InChI=1S/C20H21ClN2O/c1-12-5-7-17-19(12)16-8-6-15(10-18(16)23-20(17)24)22-11-13-3-2-4-14(21)9-13/h2-4,6,8-10,12,17,19,22H,5,7,11H2,1H3,(H,23,24). The fraction of sp³-hybridized carbons (Fsp3) is 0.350. The van der Waals surface area contributed by atoms with Gasteiger partial charge in [-0.05, 0) is 54.2 Å². The summed E-state index contributed by atoms with van der Waals surface area (Å²) in [6.07, 6.45) is 2.14.